The van der Waals surface area contributed by atoms with E-state index in [4.69, 9.17) is 28.3 Å². The number of aromatic hydroxyl groups is 1. The van der Waals surface area contributed by atoms with E-state index in [-0.39, 0.29) is 33.2 Å². The summed E-state index contributed by atoms with van der Waals surface area (Å²) in [7, 11) is 0. The Morgan fingerprint density at radius 2 is 2.00 bits per heavy atom. The average Bonchev–Trinajstić information content (AvgIpc) is 2.54. The summed E-state index contributed by atoms with van der Waals surface area (Å²) in [4.78, 5) is 14.2. The molecule has 0 atom stereocenters. The maximum Gasteiger partial charge on any atom is 0.322 e. The van der Waals surface area contributed by atoms with Gasteiger partial charge in [0, 0.05) is 5.69 Å². The van der Waals surface area contributed by atoms with Crippen molar-refractivity contribution >= 4 is 46.4 Å². The van der Waals surface area contributed by atoms with Crippen molar-refractivity contribution in [2.24, 2.45) is 0 Å². The van der Waals surface area contributed by atoms with Crippen LogP contribution in [0.15, 0.2) is 18.2 Å². The van der Waals surface area contributed by atoms with Gasteiger partial charge in [0.2, 0.25) is 5.95 Å². The first kappa shape index (κ1) is 19.1. The van der Waals surface area contributed by atoms with Gasteiger partial charge in [-0.25, -0.2) is 0 Å². The van der Waals surface area contributed by atoms with Crippen LogP contribution in [-0.4, -0.2) is 27.7 Å². The van der Waals surface area contributed by atoms with E-state index in [1.54, 1.807) is 12.1 Å². The number of hydrogen-bond donors (Lipinski definition) is 4. The molecule has 6 nitrogen and oxygen atoms in total. The Hall–Kier alpha value is -2.25. The maximum atomic E-state index is 13.9. The van der Waals surface area contributed by atoms with Crippen LogP contribution in [0.5, 0.6) is 5.75 Å². The first-order chi connectivity index (χ1) is 11.7. The molecule has 0 saturated heterocycles. The van der Waals surface area contributed by atoms with E-state index in [1.165, 1.54) is 6.07 Å². The number of nitrogens with zero attached hydrogens (tertiary/aromatic N) is 1. The molecule has 9 heteroatoms. The van der Waals surface area contributed by atoms with Gasteiger partial charge in [-0.15, -0.1) is 0 Å². The summed E-state index contributed by atoms with van der Waals surface area (Å²) in [5.74, 6) is -2.08. The van der Waals surface area contributed by atoms with Gasteiger partial charge in [0.25, 0.3) is 0 Å². The summed E-state index contributed by atoms with van der Waals surface area (Å²) in [6, 6.07) is 4.77. The molecule has 25 heavy (non-hydrogen) atoms. The number of benzene rings is 1. The van der Waals surface area contributed by atoms with Crippen LogP contribution in [0, 0.1) is 5.95 Å². The van der Waals surface area contributed by atoms with Crippen LogP contribution >= 0.6 is 23.2 Å². The molecule has 1 aromatic heterocycles. The number of aliphatic carboxylic acids is 1. The van der Waals surface area contributed by atoms with Gasteiger partial charge in [0.15, 0.2) is 5.82 Å². The van der Waals surface area contributed by atoms with E-state index in [1.807, 2.05) is 13.8 Å². The lowest BCUT2D eigenvalue weighted by molar-refractivity contribution is -0.134. The SMILES string of the molecule is CC(C)c1cc(Nc2c(Cl)c(F)nc(NCC(=O)O)c2Cl)ccc1O. The highest BCUT2D eigenvalue weighted by molar-refractivity contribution is 6.40. The van der Waals surface area contributed by atoms with Gasteiger partial charge in [-0.3, -0.25) is 4.79 Å². The fraction of sp³-hybridized carbons (Fsp3) is 0.250. The number of pyridine rings is 1. The number of aromatic nitrogens is 1. The van der Waals surface area contributed by atoms with Crippen molar-refractivity contribution < 1.29 is 19.4 Å². The van der Waals surface area contributed by atoms with E-state index in [2.05, 4.69) is 15.6 Å². The lowest BCUT2D eigenvalue weighted by Crippen LogP contribution is -2.14. The molecule has 0 aliphatic rings. The summed E-state index contributed by atoms with van der Waals surface area (Å²) in [5.41, 5.74) is 1.26. The van der Waals surface area contributed by atoms with Crippen LogP contribution < -0.4 is 10.6 Å². The Labute approximate surface area is 153 Å². The molecule has 4 N–H and O–H groups in total. The van der Waals surface area contributed by atoms with Crippen molar-refractivity contribution in [3.05, 3.63) is 39.8 Å². The van der Waals surface area contributed by atoms with Gasteiger partial charge in [-0.05, 0) is 29.7 Å². The lowest BCUT2D eigenvalue weighted by atomic mass is 10.0. The minimum atomic E-state index is -1.15. The van der Waals surface area contributed by atoms with Crippen LogP contribution in [0.2, 0.25) is 10.0 Å². The van der Waals surface area contributed by atoms with E-state index < -0.39 is 18.5 Å². The number of phenolic OH excluding ortho intramolecular Hbond substituents is 1. The number of rotatable bonds is 6. The molecule has 0 spiro atoms. The van der Waals surface area contributed by atoms with Crippen molar-refractivity contribution in [3.63, 3.8) is 0 Å². The number of nitrogens with one attached hydrogen (secondary N) is 2. The molecule has 0 unspecified atom stereocenters. The predicted molar refractivity (Wildman–Crippen MR) is 95.8 cm³/mol. The molecule has 1 aromatic carbocycles. The summed E-state index contributed by atoms with van der Waals surface area (Å²) in [6.07, 6.45) is 0. The van der Waals surface area contributed by atoms with Crippen LogP contribution in [0.25, 0.3) is 0 Å². The zero-order chi connectivity index (χ0) is 18.7. The summed E-state index contributed by atoms with van der Waals surface area (Å²) in [6.45, 7) is 3.35. The van der Waals surface area contributed by atoms with Crippen molar-refractivity contribution in [2.45, 2.75) is 19.8 Å². The van der Waals surface area contributed by atoms with E-state index in [0.29, 0.717) is 11.3 Å². The Morgan fingerprint density at radius 1 is 1.32 bits per heavy atom. The van der Waals surface area contributed by atoms with Crippen molar-refractivity contribution in [1.29, 1.82) is 0 Å². The normalized spacial score (nSPS) is 10.8. The third kappa shape index (κ3) is 4.43. The number of anilines is 3. The maximum absolute atomic E-state index is 13.9. The monoisotopic (exact) mass is 387 g/mol. The fourth-order valence-electron chi connectivity index (χ4n) is 2.14. The fourth-order valence-corrected chi connectivity index (χ4v) is 2.62. The average molecular weight is 388 g/mol. The summed E-state index contributed by atoms with van der Waals surface area (Å²) < 4.78 is 13.9. The predicted octanol–water partition coefficient (Wildman–Crippen LogP) is 4.60. The first-order valence-electron chi connectivity index (χ1n) is 7.30. The molecular weight excluding hydrogens is 372 g/mol. The Morgan fingerprint density at radius 3 is 2.60 bits per heavy atom. The van der Waals surface area contributed by atoms with Crippen molar-refractivity contribution in [2.75, 3.05) is 17.2 Å². The molecule has 2 aromatic rings. The third-order valence-electron chi connectivity index (χ3n) is 3.36. The number of halogens is 3. The standard InChI is InChI=1S/C16H16Cl2FN3O3/c1-7(2)9-5-8(3-4-10(9)23)21-14-12(17)15(19)22-16(13(14)18)20-6-11(24)25/h3-5,7,23H,6H2,1-2H3,(H,24,25)(H2,20,21,22). The van der Waals surface area contributed by atoms with Crippen LogP contribution in [-0.2, 0) is 4.79 Å². The highest BCUT2D eigenvalue weighted by Crippen LogP contribution is 2.39. The summed E-state index contributed by atoms with van der Waals surface area (Å²) >= 11 is 12.1. The van der Waals surface area contributed by atoms with Gasteiger partial charge >= 0.3 is 5.97 Å². The molecule has 0 amide bonds. The highest BCUT2D eigenvalue weighted by atomic mass is 35.5. The van der Waals surface area contributed by atoms with Gasteiger partial charge in [-0.1, -0.05) is 37.0 Å². The Kier molecular flexibility index (Phi) is 5.92. The van der Waals surface area contributed by atoms with E-state index in [9.17, 15) is 14.3 Å². The molecule has 0 fully saturated rings. The van der Waals surface area contributed by atoms with Crippen LogP contribution in [0.4, 0.5) is 21.6 Å². The van der Waals surface area contributed by atoms with E-state index in [0.717, 1.165) is 0 Å². The van der Waals surface area contributed by atoms with Crippen LogP contribution in [0.3, 0.4) is 0 Å². The van der Waals surface area contributed by atoms with Gasteiger partial charge in [0.05, 0.1) is 5.69 Å². The highest BCUT2D eigenvalue weighted by Gasteiger charge is 2.19. The molecule has 0 radical (unpaired) electrons. The second-order valence-corrected chi connectivity index (χ2v) is 6.31. The Bertz CT molecular complexity index is 816. The zero-order valence-corrected chi connectivity index (χ0v) is 14.9. The van der Waals surface area contributed by atoms with Gasteiger partial charge in [-0.2, -0.15) is 9.37 Å². The molecule has 0 aliphatic carbocycles. The molecule has 0 saturated carbocycles. The second kappa shape index (κ2) is 7.76. The van der Waals surface area contributed by atoms with Crippen LogP contribution in [0.1, 0.15) is 25.3 Å². The van der Waals surface area contributed by atoms with Gasteiger partial charge in [0.1, 0.15) is 22.3 Å². The molecule has 2 rings (SSSR count). The number of carbonyl (C=O) groups is 1. The minimum absolute atomic E-state index is 0.0455. The third-order valence-corrected chi connectivity index (χ3v) is 4.08. The zero-order valence-electron chi connectivity index (χ0n) is 13.4. The second-order valence-electron chi connectivity index (χ2n) is 5.55. The molecule has 0 bridgehead atoms. The van der Waals surface area contributed by atoms with Crippen molar-refractivity contribution in [3.8, 4) is 5.75 Å². The topological polar surface area (TPSA) is 94.5 Å². The largest absolute Gasteiger partial charge is 0.508 e. The number of hydrogen-bond acceptors (Lipinski definition) is 5. The molecular formula is C16H16Cl2FN3O3. The number of carboxylic acid groups (broad SMARTS) is 1. The van der Waals surface area contributed by atoms with E-state index >= 15 is 0 Å². The number of carboxylic acids is 1. The quantitative estimate of drug-likeness (QED) is 0.427. The van der Waals surface area contributed by atoms with Gasteiger partial charge < -0.3 is 20.8 Å². The van der Waals surface area contributed by atoms with Crippen molar-refractivity contribution in [1.82, 2.24) is 4.98 Å². The summed E-state index contributed by atoms with van der Waals surface area (Å²) in [5, 5.41) is 23.5. The minimum Gasteiger partial charge on any atom is -0.508 e. The molecule has 134 valence electrons. The number of phenols is 1. The first-order valence-corrected chi connectivity index (χ1v) is 8.06. The Balaban J connectivity index is 2.42. The smallest absolute Gasteiger partial charge is 0.322 e. The molecule has 0 aliphatic heterocycles. The lowest BCUT2D eigenvalue weighted by Gasteiger charge is -2.16. The molecule has 1 heterocycles.